The van der Waals surface area contributed by atoms with Crippen LogP contribution in [-0.4, -0.2) is 48.5 Å². The summed E-state index contributed by atoms with van der Waals surface area (Å²) in [5, 5.41) is 9.93. The van der Waals surface area contributed by atoms with E-state index in [9.17, 15) is 5.11 Å². The number of rotatable bonds is 3. The molecule has 2 atom stereocenters. The highest BCUT2D eigenvalue weighted by Gasteiger charge is 2.26. The summed E-state index contributed by atoms with van der Waals surface area (Å²) in [7, 11) is 1.74. The van der Waals surface area contributed by atoms with Crippen LogP contribution in [0.5, 0.6) is 0 Å². The van der Waals surface area contributed by atoms with Gasteiger partial charge in [0.1, 0.15) is 0 Å². The molecular weight excluding hydrogens is 178 g/mol. The lowest BCUT2D eigenvalue weighted by Crippen LogP contribution is -2.37. The Labute approximate surface area is 87.1 Å². The van der Waals surface area contributed by atoms with Crippen molar-refractivity contribution in [2.45, 2.75) is 44.8 Å². The van der Waals surface area contributed by atoms with Gasteiger partial charge in [0, 0.05) is 19.7 Å². The van der Waals surface area contributed by atoms with Crippen molar-refractivity contribution in [2.24, 2.45) is 0 Å². The van der Waals surface area contributed by atoms with Crippen molar-refractivity contribution in [3.63, 3.8) is 0 Å². The highest BCUT2D eigenvalue weighted by atomic mass is 16.5. The maximum Gasteiger partial charge on any atom is 0.0632 e. The SMILES string of the molecule is COCC(C)N1CCCC(C)(O)CC1. The van der Waals surface area contributed by atoms with Gasteiger partial charge in [-0.2, -0.15) is 0 Å². The minimum absolute atomic E-state index is 0.457. The summed E-state index contributed by atoms with van der Waals surface area (Å²) in [5.41, 5.74) is -0.457. The van der Waals surface area contributed by atoms with E-state index in [2.05, 4.69) is 11.8 Å². The second-order valence-electron chi connectivity index (χ2n) is 4.69. The third-order valence-corrected chi connectivity index (χ3v) is 3.13. The molecule has 0 aromatic heterocycles. The molecule has 1 saturated heterocycles. The number of nitrogens with zero attached hydrogens (tertiary/aromatic N) is 1. The van der Waals surface area contributed by atoms with Gasteiger partial charge in [0.25, 0.3) is 0 Å². The summed E-state index contributed by atoms with van der Waals surface area (Å²) in [6.45, 7) is 6.97. The first-order valence-corrected chi connectivity index (χ1v) is 5.50. The second kappa shape index (κ2) is 5.10. The summed E-state index contributed by atoms with van der Waals surface area (Å²) >= 11 is 0. The lowest BCUT2D eigenvalue weighted by atomic mass is 9.98. The molecule has 0 spiro atoms. The van der Waals surface area contributed by atoms with Crippen LogP contribution in [0.3, 0.4) is 0 Å². The van der Waals surface area contributed by atoms with Crippen LogP contribution in [0.4, 0.5) is 0 Å². The predicted octanol–water partition coefficient (Wildman–Crippen LogP) is 1.26. The summed E-state index contributed by atoms with van der Waals surface area (Å²) < 4.78 is 5.15. The molecule has 3 nitrogen and oxygen atoms in total. The van der Waals surface area contributed by atoms with Gasteiger partial charge in [0.05, 0.1) is 12.2 Å². The van der Waals surface area contributed by atoms with E-state index in [1.165, 1.54) is 0 Å². The number of ether oxygens (including phenoxy) is 1. The summed E-state index contributed by atoms with van der Waals surface area (Å²) in [4.78, 5) is 2.41. The molecule has 1 N–H and O–H groups in total. The van der Waals surface area contributed by atoms with E-state index < -0.39 is 5.60 Å². The first-order valence-electron chi connectivity index (χ1n) is 5.50. The van der Waals surface area contributed by atoms with Crippen LogP contribution in [0.25, 0.3) is 0 Å². The normalized spacial score (nSPS) is 32.6. The fourth-order valence-corrected chi connectivity index (χ4v) is 2.07. The Bertz CT molecular complexity index is 171. The molecule has 3 heteroatoms. The maximum absolute atomic E-state index is 9.93. The van der Waals surface area contributed by atoms with Crippen molar-refractivity contribution in [2.75, 3.05) is 26.8 Å². The van der Waals surface area contributed by atoms with Crippen LogP contribution in [0.15, 0.2) is 0 Å². The van der Waals surface area contributed by atoms with E-state index in [1.807, 2.05) is 6.92 Å². The van der Waals surface area contributed by atoms with Crippen molar-refractivity contribution < 1.29 is 9.84 Å². The van der Waals surface area contributed by atoms with Crippen molar-refractivity contribution in [3.05, 3.63) is 0 Å². The molecule has 0 radical (unpaired) electrons. The Morgan fingerprint density at radius 3 is 2.79 bits per heavy atom. The van der Waals surface area contributed by atoms with Gasteiger partial charge < -0.3 is 9.84 Å². The van der Waals surface area contributed by atoms with Crippen molar-refractivity contribution in [1.82, 2.24) is 4.90 Å². The van der Waals surface area contributed by atoms with Crippen molar-refractivity contribution in [1.29, 1.82) is 0 Å². The van der Waals surface area contributed by atoms with Crippen LogP contribution >= 0.6 is 0 Å². The fraction of sp³-hybridized carbons (Fsp3) is 1.00. The molecule has 0 aromatic carbocycles. The lowest BCUT2D eigenvalue weighted by Gasteiger charge is -2.27. The van der Waals surface area contributed by atoms with E-state index in [1.54, 1.807) is 7.11 Å². The average Bonchev–Trinajstić information content (AvgIpc) is 2.27. The number of methoxy groups -OCH3 is 1. The summed E-state index contributed by atoms with van der Waals surface area (Å²) in [6, 6.07) is 0.467. The fourth-order valence-electron chi connectivity index (χ4n) is 2.07. The molecule has 1 rings (SSSR count). The average molecular weight is 201 g/mol. The van der Waals surface area contributed by atoms with E-state index in [-0.39, 0.29) is 0 Å². The van der Waals surface area contributed by atoms with Gasteiger partial charge in [-0.3, -0.25) is 4.90 Å². The van der Waals surface area contributed by atoms with E-state index in [0.717, 1.165) is 39.0 Å². The van der Waals surface area contributed by atoms with Crippen LogP contribution in [0, 0.1) is 0 Å². The largest absolute Gasteiger partial charge is 0.390 e. The summed E-state index contributed by atoms with van der Waals surface area (Å²) in [5.74, 6) is 0. The Kier molecular flexibility index (Phi) is 4.35. The van der Waals surface area contributed by atoms with Crippen LogP contribution in [0.2, 0.25) is 0 Å². The van der Waals surface area contributed by atoms with Gasteiger partial charge in [-0.15, -0.1) is 0 Å². The zero-order valence-corrected chi connectivity index (χ0v) is 9.62. The van der Waals surface area contributed by atoms with Crippen molar-refractivity contribution >= 4 is 0 Å². The molecule has 14 heavy (non-hydrogen) atoms. The van der Waals surface area contributed by atoms with E-state index in [0.29, 0.717) is 6.04 Å². The molecule has 1 aliphatic rings. The Morgan fingerprint density at radius 2 is 2.14 bits per heavy atom. The predicted molar refractivity (Wildman–Crippen MR) is 57.4 cm³/mol. The maximum atomic E-state index is 9.93. The van der Waals surface area contributed by atoms with Gasteiger partial charge in [-0.05, 0) is 39.7 Å². The second-order valence-corrected chi connectivity index (χ2v) is 4.69. The number of hydrogen-bond acceptors (Lipinski definition) is 3. The number of likely N-dealkylation sites (tertiary alicyclic amines) is 1. The molecule has 84 valence electrons. The van der Waals surface area contributed by atoms with Gasteiger partial charge in [-0.25, -0.2) is 0 Å². The zero-order chi connectivity index (χ0) is 10.6. The van der Waals surface area contributed by atoms with Crippen molar-refractivity contribution in [3.8, 4) is 0 Å². The molecule has 0 saturated carbocycles. The van der Waals surface area contributed by atoms with E-state index >= 15 is 0 Å². The topological polar surface area (TPSA) is 32.7 Å². The Hall–Kier alpha value is -0.120. The van der Waals surface area contributed by atoms with E-state index in [4.69, 9.17) is 4.74 Å². The molecule has 0 aliphatic carbocycles. The van der Waals surface area contributed by atoms with Gasteiger partial charge in [0.2, 0.25) is 0 Å². The van der Waals surface area contributed by atoms with Gasteiger partial charge in [0.15, 0.2) is 0 Å². The Balaban J connectivity index is 2.41. The zero-order valence-electron chi connectivity index (χ0n) is 9.62. The minimum Gasteiger partial charge on any atom is -0.390 e. The molecule has 1 heterocycles. The summed E-state index contributed by atoms with van der Waals surface area (Å²) in [6.07, 6.45) is 2.88. The smallest absolute Gasteiger partial charge is 0.0632 e. The molecule has 1 fully saturated rings. The molecule has 1 aliphatic heterocycles. The first kappa shape index (κ1) is 12.0. The van der Waals surface area contributed by atoms with Crippen LogP contribution in [0.1, 0.15) is 33.1 Å². The number of hydrogen-bond donors (Lipinski definition) is 1. The minimum atomic E-state index is -0.457. The highest BCUT2D eigenvalue weighted by Crippen LogP contribution is 2.22. The molecule has 0 aromatic rings. The Morgan fingerprint density at radius 1 is 1.43 bits per heavy atom. The molecule has 2 unspecified atom stereocenters. The van der Waals surface area contributed by atoms with Crippen LogP contribution < -0.4 is 0 Å². The van der Waals surface area contributed by atoms with Gasteiger partial charge in [-0.1, -0.05) is 0 Å². The number of aliphatic hydroxyl groups is 1. The standard InChI is InChI=1S/C11H23NO2/c1-10(9-14-3)12-7-4-5-11(2,13)6-8-12/h10,13H,4-9H2,1-3H3. The highest BCUT2D eigenvalue weighted by molar-refractivity contribution is 4.81. The lowest BCUT2D eigenvalue weighted by molar-refractivity contribution is 0.0402. The monoisotopic (exact) mass is 201 g/mol. The molecule has 0 amide bonds. The molecule has 0 bridgehead atoms. The third-order valence-electron chi connectivity index (χ3n) is 3.13. The van der Waals surface area contributed by atoms with Crippen LogP contribution in [-0.2, 0) is 4.74 Å². The first-order chi connectivity index (χ1) is 6.55. The third kappa shape index (κ3) is 3.56. The van der Waals surface area contributed by atoms with Gasteiger partial charge >= 0.3 is 0 Å². The molecular formula is C11H23NO2. The quantitative estimate of drug-likeness (QED) is 0.746.